The number of nitrogens with one attached hydrogen (secondary N) is 1. The van der Waals surface area contributed by atoms with E-state index in [1.54, 1.807) is 13.3 Å². The molecular weight excluding hydrogens is 373 g/mol. The van der Waals surface area contributed by atoms with Crippen molar-refractivity contribution in [3.05, 3.63) is 46.7 Å². The zero-order valence-electron chi connectivity index (χ0n) is 15.2. The van der Waals surface area contributed by atoms with Crippen LogP contribution in [-0.2, 0) is 6.18 Å². The third-order valence-electron chi connectivity index (χ3n) is 4.73. The second kappa shape index (κ2) is 6.50. The molecule has 4 rings (SSSR count). The maximum absolute atomic E-state index is 12.9. The maximum Gasteiger partial charge on any atom is 0.416 e. The van der Waals surface area contributed by atoms with Gasteiger partial charge in [-0.2, -0.15) is 13.2 Å². The van der Waals surface area contributed by atoms with Gasteiger partial charge >= 0.3 is 6.18 Å². The summed E-state index contributed by atoms with van der Waals surface area (Å²) in [6.07, 6.45) is -2.03. The van der Waals surface area contributed by atoms with Gasteiger partial charge in [-0.3, -0.25) is 9.79 Å². The minimum atomic E-state index is -4.49. The second-order valence-electron chi connectivity index (χ2n) is 6.66. The Hall–Kier alpha value is -3.10. The van der Waals surface area contributed by atoms with E-state index in [-0.39, 0.29) is 23.2 Å². The first kappa shape index (κ1) is 18.3. The molecule has 2 aromatic rings. The molecule has 0 bridgehead atoms. The van der Waals surface area contributed by atoms with Gasteiger partial charge in [-0.05, 0) is 31.5 Å². The van der Waals surface area contributed by atoms with Crippen LogP contribution in [0.4, 0.5) is 24.7 Å². The predicted octanol–water partition coefficient (Wildman–Crippen LogP) is 4.37. The molecule has 0 unspecified atom stereocenters. The molecule has 146 valence electrons. The molecule has 1 aromatic heterocycles. The van der Waals surface area contributed by atoms with Crippen LogP contribution in [0.2, 0.25) is 0 Å². The van der Waals surface area contributed by atoms with Crippen LogP contribution in [0.15, 0.2) is 38.7 Å². The molecule has 1 amide bonds. The molecule has 2 aliphatic heterocycles. The van der Waals surface area contributed by atoms with Crippen molar-refractivity contribution < 1.29 is 22.4 Å². The molecule has 0 saturated heterocycles. The summed E-state index contributed by atoms with van der Waals surface area (Å²) < 4.78 is 44.4. The molecule has 0 spiro atoms. The summed E-state index contributed by atoms with van der Waals surface area (Å²) in [4.78, 5) is 23.6. The van der Waals surface area contributed by atoms with Gasteiger partial charge in [-0.25, -0.2) is 4.99 Å². The van der Waals surface area contributed by atoms with Crippen LogP contribution in [0.1, 0.15) is 40.6 Å². The fraction of sp³-hybridized carbons (Fsp3) is 0.316. The number of aliphatic imine (C=N–C) groups is 2. The van der Waals surface area contributed by atoms with Crippen LogP contribution in [0.25, 0.3) is 0 Å². The third kappa shape index (κ3) is 3.06. The van der Waals surface area contributed by atoms with Crippen LogP contribution in [0.5, 0.6) is 0 Å². The third-order valence-corrected chi connectivity index (χ3v) is 4.73. The molecule has 0 saturated carbocycles. The summed E-state index contributed by atoms with van der Waals surface area (Å²) in [6, 6.07) is 4.58. The van der Waals surface area contributed by atoms with E-state index in [1.165, 1.54) is 12.1 Å². The van der Waals surface area contributed by atoms with Crippen LogP contribution in [0.3, 0.4) is 0 Å². The number of rotatable bonds is 3. The second-order valence-corrected chi connectivity index (χ2v) is 6.66. The van der Waals surface area contributed by atoms with Crippen molar-refractivity contribution in [2.45, 2.75) is 32.5 Å². The summed E-state index contributed by atoms with van der Waals surface area (Å²) in [5, 5.41) is 2.53. The number of amides is 1. The van der Waals surface area contributed by atoms with Gasteiger partial charge in [0.1, 0.15) is 17.9 Å². The number of carbonyl (C=O) groups excluding carboxylic acids is 1. The summed E-state index contributed by atoms with van der Waals surface area (Å²) in [7, 11) is 0. The van der Waals surface area contributed by atoms with E-state index in [1.807, 2.05) is 11.8 Å². The number of nitrogens with zero attached hydrogens (tertiary/aromatic N) is 3. The van der Waals surface area contributed by atoms with E-state index in [4.69, 9.17) is 4.42 Å². The Labute approximate surface area is 158 Å². The van der Waals surface area contributed by atoms with E-state index in [9.17, 15) is 18.0 Å². The maximum atomic E-state index is 12.9. The minimum Gasteiger partial charge on any atom is -0.442 e. The molecule has 1 aromatic carbocycles. The number of furan rings is 1. The van der Waals surface area contributed by atoms with Crippen molar-refractivity contribution in [1.29, 1.82) is 0 Å². The SMILES string of the molecule is CC[C@@H]1CN2C=Nc3oc(C)c(C(=O)Nc4cccc(C(F)(F)F)c4)c3C2=N1. The number of anilines is 1. The first-order valence-corrected chi connectivity index (χ1v) is 8.79. The van der Waals surface area contributed by atoms with Crippen LogP contribution in [-0.4, -0.2) is 35.6 Å². The number of benzene rings is 1. The lowest BCUT2D eigenvalue weighted by Gasteiger charge is -2.18. The topological polar surface area (TPSA) is 70.2 Å². The Bertz CT molecular complexity index is 1010. The van der Waals surface area contributed by atoms with Gasteiger partial charge < -0.3 is 14.6 Å². The molecule has 9 heteroatoms. The zero-order valence-corrected chi connectivity index (χ0v) is 15.2. The highest BCUT2D eigenvalue weighted by atomic mass is 19.4. The van der Waals surface area contributed by atoms with Crippen molar-refractivity contribution in [3.8, 4) is 0 Å². The average molecular weight is 390 g/mol. The number of amidine groups is 1. The number of halogens is 3. The molecule has 2 aliphatic rings. The lowest BCUT2D eigenvalue weighted by atomic mass is 10.1. The summed E-state index contributed by atoms with van der Waals surface area (Å²) in [5.41, 5.74) is -0.0895. The lowest BCUT2D eigenvalue weighted by molar-refractivity contribution is -0.137. The van der Waals surface area contributed by atoms with Gasteiger partial charge in [-0.1, -0.05) is 13.0 Å². The Morgan fingerprint density at radius 2 is 2.18 bits per heavy atom. The fourth-order valence-electron chi connectivity index (χ4n) is 3.32. The fourth-order valence-corrected chi connectivity index (χ4v) is 3.32. The number of hydrogen-bond acceptors (Lipinski definition) is 5. The molecule has 28 heavy (non-hydrogen) atoms. The van der Waals surface area contributed by atoms with Gasteiger partial charge in [0.15, 0.2) is 0 Å². The smallest absolute Gasteiger partial charge is 0.416 e. The van der Waals surface area contributed by atoms with Gasteiger partial charge in [-0.15, -0.1) is 0 Å². The molecule has 6 nitrogen and oxygen atoms in total. The van der Waals surface area contributed by atoms with Crippen LogP contribution < -0.4 is 5.32 Å². The number of alkyl halides is 3. The monoisotopic (exact) mass is 390 g/mol. The van der Waals surface area contributed by atoms with E-state index >= 15 is 0 Å². The average Bonchev–Trinajstić information content (AvgIpc) is 3.20. The van der Waals surface area contributed by atoms with Gasteiger partial charge in [0, 0.05) is 12.2 Å². The Kier molecular flexibility index (Phi) is 4.24. The molecule has 0 radical (unpaired) electrons. The Balaban J connectivity index is 1.69. The van der Waals surface area contributed by atoms with Crippen molar-refractivity contribution in [2.24, 2.45) is 9.98 Å². The van der Waals surface area contributed by atoms with Crippen LogP contribution in [0, 0.1) is 6.92 Å². The zero-order chi connectivity index (χ0) is 20.1. The van der Waals surface area contributed by atoms with Gasteiger partial charge in [0.25, 0.3) is 5.91 Å². The van der Waals surface area contributed by atoms with E-state index < -0.39 is 17.6 Å². The molecule has 1 N–H and O–H groups in total. The number of hydrogen-bond donors (Lipinski definition) is 1. The summed E-state index contributed by atoms with van der Waals surface area (Å²) >= 11 is 0. The molecule has 0 fully saturated rings. The quantitative estimate of drug-likeness (QED) is 0.846. The highest BCUT2D eigenvalue weighted by Gasteiger charge is 2.36. The molecule has 1 atom stereocenters. The molecule has 3 heterocycles. The first-order valence-electron chi connectivity index (χ1n) is 8.79. The highest BCUT2D eigenvalue weighted by molar-refractivity contribution is 6.19. The molecular formula is C19H17F3N4O2. The van der Waals surface area contributed by atoms with E-state index in [2.05, 4.69) is 15.3 Å². The van der Waals surface area contributed by atoms with Gasteiger partial charge in [0.2, 0.25) is 5.88 Å². The van der Waals surface area contributed by atoms with Crippen molar-refractivity contribution in [1.82, 2.24) is 4.90 Å². The highest BCUT2D eigenvalue weighted by Crippen LogP contribution is 2.36. The van der Waals surface area contributed by atoms with Gasteiger partial charge in [0.05, 0.1) is 22.7 Å². The van der Waals surface area contributed by atoms with Crippen molar-refractivity contribution in [2.75, 3.05) is 11.9 Å². The molecule has 0 aliphatic carbocycles. The normalized spacial score (nSPS) is 18.0. The summed E-state index contributed by atoms with van der Waals surface area (Å²) in [6.45, 7) is 4.30. The first-order chi connectivity index (χ1) is 13.3. The Morgan fingerprint density at radius 3 is 2.89 bits per heavy atom. The lowest BCUT2D eigenvalue weighted by Crippen LogP contribution is -2.31. The number of carbonyl (C=O) groups is 1. The van der Waals surface area contributed by atoms with Crippen molar-refractivity contribution in [3.63, 3.8) is 0 Å². The largest absolute Gasteiger partial charge is 0.442 e. The van der Waals surface area contributed by atoms with E-state index in [0.29, 0.717) is 23.7 Å². The number of aryl methyl sites for hydroxylation is 1. The van der Waals surface area contributed by atoms with Crippen molar-refractivity contribution >= 4 is 29.7 Å². The van der Waals surface area contributed by atoms with Crippen LogP contribution >= 0.6 is 0 Å². The standard InChI is InChI=1S/C19H17F3N4O2/c1-3-12-8-26-9-23-18-15(16(26)24-12)14(10(2)28-18)17(27)25-13-6-4-5-11(7-13)19(20,21)22/h4-7,9,12H,3,8H2,1-2H3,(H,25,27)/t12-/m1/s1. The Morgan fingerprint density at radius 1 is 1.39 bits per heavy atom. The number of fused-ring (bicyclic) bond motifs is 3. The predicted molar refractivity (Wildman–Crippen MR) is 98.3 cm³/mol. The van der Waals surface area contributed by atoms with E-state index in [0.717, 1.165) is 18.6 Å². The summed E-state index contributed by atoms with van der Waals surface area (Å²) in [5.74, 6) is 0.638. The minimum absolute atomic E-state index is 0.0464.